The predicted molar refractivity (Wildman–Crippen MR) is 84.3 cm³/mol. The highest BCUT2D eigenvalue weighted by Gasteiger charge is 2.36. The first-order valence-corrected chi connectivity index (χ1v) is 8.09. The molecule has 0 bridgehead atoms. The number of likely N-dealkylation sites (tertiary alicyclic amines) is 2. The molecular weight excluding hydrogens is 296 g/mol. The van der Waals surface area contributed by atoms with Gasteiger partial charge in [0.05, 0.1) is 12.1 Å². The van der Waals surface area contributed by atoms with Gasteiger partial charge in [0.15, 0.2) is 5.65 Å². The smallest absolute Gasteiger partial charge is 0.320 e. The Bertz CT molecular complexity index is 798. The molecule has 1 N–H and O–H groups in total. The van der Waals surface area contributed by atoms with E-state index in [-0.39, 0.29) is 17.5 Å². The van der Waals surface area contributed by atoms with Crippen molar-refractivity contribution >= 4 is 17.1 Å². The summed E-state index contributed by atoms with van der Waals surface area (Å²) in [7, 11) is 1.77. The van der Waals surface area contributed by atoms with Crippen LogP contribution in [0.3, 0.4) is 0 Å². The zero-order valence-corrected chi connectivity index (χ0v) is 13.2. The molecule has 0 atom stereocenters. The highest BCUT2D eigenvalue weighted by atomic mass is 16.2. The van der Waals surface area contributed by atoms with Crippen LogP contribution in [-0.4, -0.2) is 61.8 Å². The number of urea groups is 1. The number of fused-ring (bicyclic) bond motifs is 1. The molecule has 0 aromatic carbocycles. The maximum absolute atomic E-state index is 12.4. The summed E-state index contributed by atoms with van der Waals surface area (Å²) in [5.41, 5.74) is 0.420. The van der Waals surface area contributed by atoms with E-state index in [1.807, 2.05) is 9.80 Å². The molecule has 2 aromatic heterocycles. The summed E-state index contributed by atoms with van der Waals surface area (Å²) in [6, 6.07) is 0.116. The van der Waals surface area contributed by atoms with Crippen LogP contribution >= 0.6 is 0 Å². The van der Waals surface area contributed by atoms with Crippen LogP contribution in [0.1, 0.15) is 31.0 Å². The topological polar surface area (TPSA) is 87.1 Å². The van der Waals surface area contributed by atoms with E-state index in [9.17, 15) is 9.59 Å². The van der Waals surface area contributed by atoms with E-state index in [1.165, 1.54) is 12.6 Å². The molecule has 4 heterocycles. The molecule has 2 aliphatic rings. The van der Waals surface area contributed by atoms with Crippen molar-refractivity contribution in [2.24, 2.45) is 7.05 Å². The van der Waals surface area contributed by atoms with Crippen LogP contribution in [0.15, 0.2) is 11.0 Å². The molecule has 2 fully saturated rings. The molecule has 2 aromatic rings. The number of nitrogens with one attached hydrogen (secondary N) is 1. The van der Waals surface area contributed by atoms with Crippen molar-refractivity contribution in [2.45, 2.75) is 25.2 Å². The van der Waals surface area contributed by atoms with Crippen molar-refractivity contribution < 1.29 is 4.79 Å². The van der Waals surface area contributed by atoms with E-state index in [1.54, 1.807) is 11.7 Å². The number of carbonyl (C=O) groups is 1. The molecule has 0 radical (unpaired) electrons. The van der Waals surface area contributed by atoms with Gasteiger partial charge in [-0.25, -0.2) is 9.78 Å². The van der Waals surface area contributed by atoms with E-state index in [2.05, 4.69) is 15.1 Å². The van der Waals surface area contributed by atoms with Crippen molar-refractivity contribution in [1.82, 2.24) is 29.5 Å². The molecule has 8 heteroatoms. The molecule has 8 nitrogen and oxygen atoms in total. The Kier molecular flexibility index (Phi) is 3.32. The van der Waals surface area contributed by atoms with Gasteiger partial charge in [0.1, 0.15) is 11.2 Å². The number of aromatic nitrogens is 4. The van der Waals surface area contributed by atoms with Gasteiger partial charge in [-0.15, -0.1) is 0 Å². The van der Waals surface area contributed by atoms with E-state index in [0.717, 1.165) is 25.9 Å². The first-order valence-electron chi connectivity index (χ1n) is 8.09. The largest absolute Gasteiger partial charge is 0.325 e. The van der Waals surface area contributed by atoms with Gasteiger partial charge in [-0.05, 0) is 19.3 Å². The number of carbonyl (C=O) groups excluding carboxylic acids is 1. The first kappa shape index (κ1) is 14.2. The Balaban J connectivity index is 1.48. The van der Waals surface area contributed by atoms with Crippen molar-refractivity contribution in [3.05, 3.63) is 22.4 Å². The lowest BCUT2D eigenvalue weighted by atomic mass is 9.99. The number of aryl methyl sites for hydroxylation is 1. The van der Waals surface area contributed by atoms with E-state index in [4.69, 9.17) is 0 Å². The molecule has 0 saturated carbocycles. The van der Waals surface area contributed by atoms with Crippen LogP contribution in [0, 0.1) is 0 Å². The number of hydrogen-bond acceptors (Lipinski definition) is 4. The van der Waals surface area contributed by atoms with Gasteiger partial charge in [0.2, 0.25) is 0 Å². The second-order valence-corrected chi connectivity index (χ2v) is 6.39. The van der Waals surface area contributed by atoms with E-state index in [0.29, 0.717) is 29.9 Å². The van der Waals surface area contributed by atoms with Crippen molar-refractivity contribution in [3.63, 3.8) is 0 Å². The molecule has 0 spiro atoms. The van der Waals surface area contributed by atoms with Crippen LogP contribution in [0.2, 0.25) is 0 Å². The predicted octanol–water partition coefficient (Wildman–Crippen LogP) is 0.662. The molecule has 4 rings (SSSR count). The lowest BCUT2D eigenvalue weighted by Crippen LogP contribution is -2.55. The minimum Gasteiger partial charge on any atom is -0.325 e. The number of aromatic amines is 1. The van der Waals surface area contributed by atoms with Crippen molar-refractivity contribution in [1.29, 1.82) is 0 Å². The normalized spacial score (nSPS) is 19.2. The average molecular weight is 316 g/mol. The SMILES string of the molecule is Cn1ncc2c(=O)[nH]c(C3CN(C(=O)N4CCCCC4)C3)nc21. The molecule has 2 saturated heterocycles. The van der Waals surface area contributed by atoms with Gasteiger partial charge in [-0.2, -0.15) is 5.10 Å². The number of hydrogen-bond donors (Lipinski definition) is 1. The second kappa shape index (κ2) is 5.36. The average Bonchev–Trinajstić information content (AvgIpc) is 2.89. The maximum Gasteiger partial charge on any atom is 0.320 e. The van der Waals surface area contributed by atoms with Crippen LogP contribution in [0.25, 0.3) is 11.0 Å². The van der Waals surface area contributed by atoms with Crippen molar-refractivity contribution in [2.75, 3.05) is 26.2 Å². The zero-order valence-electron chi connectivity index (χ0n) is 13.2. The van der Waals surface area contributed by atoms with Crippen LogP contribution < -0.4 is 5.56 Å². The Morgan fingerprint density at radius 2 is 1.96 bits per heavy atom. The monoisotopic (exact) mass is 316 g/mol. The Morgan fingerprint density at radius 3 is 2.70 bits per heavy atom. The molecule has 0 unspecified atom stereocenters. The summed E-state index contributed by atoms with van der Waals surface area (Å²) in [4.78, 5) is 35.6. The molecule has 2 aliphatic heterocycles. The Hall–Kier alpha value is -2.38. The van der Waals surface area contributed by atoms with Gasteiger partial charge < -0.3 is 14.8 Å². The summed E-state index contributed by atoms with van der Waals surface area (Å²) >= 11 is 0. The Labute approximate surface area is 133 Å². The van der Waals surface area contributed by atoms with Gasteiger partial charge >= 0.3 is 6.03 Å². The quantitative estimate of drug-likeness (QED) is 0.837. The number of amides is 2. The molecule has 122 valence electrons. The summed E-state index contributed by atoms with van der Waals surface area (Å²) in [5, 5.41) is 4.57. The highest BCUT2D eigenvalue weighted by molar-refractivity contribution is 5.76. The number of nitrogens with zero attached hydrogens (tertiary/aromatic N) is 5. The maximum atomic E-state index is 12.4. The minimum absolute atomic E-state index is 0.0933. The third kappa shape index (κ3) is 2.38. The van der Waals surface area contributed by atoms with E-state index >= 15 is 0 Å². The fourth-order valence-corrected chi connectivity index (χ4v) is 3.34. The minimum atomic E-state index is -0.168. The standard InChI is InChI=1S/C15H20N6O2/c1-19-13-11(7-16-19)14(22)18-12(17-13)10-8-21(9-10)15(23)20-5-3-2-4-6-20/h7,10H,2-6,8-9H2,1H3,(H,17,18,22). The van der Waals surface area contributed by atoms with Gasteiger partial charge in [0, 0.05) is 33.2 Å². The van der Waals surface area contributed by atoms with E-state index < -0.39 is 0 Å². The summed E-state index contributed by atoms with van der Waals surface area (Å²) < 4.78 is 1.60. The summed E-state index contributed by atoms with van der Waals surface area (Å²) in [6.07, 6.45) is 4.92. The second-order valence-electron chi connectivity index (χ2n) is 6.39. The third-order valence-electron chi connectivity index (χ3n) is 4.79. The lowest BCUT2D eigenvalue weighted by Gasteiger charge is -2.42. The fraction of sp³-hybridized carbons (Fsp3) is 0.600. The fourth-order valence-electron chi connectivity index (χ4n) is 3.34. The van der Waals surface area contributed by atoms with Crippen LogP contribution in [-0.2, 0) is 7.05 Å². The van der Waals surface area contributed by atoms with Crippen LogP contribution in [0.4, 0.5) is 4.79 Å². The molecule has 2 amide bonds. The van der Waals surface area contributed by atoms with Gasteiger partial charge in [-0.1, -0.05) is 0 Å². The highest BCUT2D eigenvalue weighted by Crippen LogP contribution is 2.26. The van der Waals surface area contributed by atoms with Crippen LogP contribution in [0.5, 0.6) is 0 Å². The third-order valence-corrected chi connectivity index (χ3v) is 4.79. The molecular formula is C15H20N6O2. The number of piperidine rings is 1. The first-order chi connectivity index (χ1) is 11.1. The Morgan fingerprint density at radius 1 is 1.22 bits per heavy atom. The number of rotatable bonds is 1. The summed E-state index contributed by atoms with van der Waals surface area (Å²) in [6.45, 7) is 2.94. The molecule has 23 heavy (non-hydrogen) atoms. The van der Waals surface area contributed by atoms with Gasteiger partial charge in [0.25, 0.3) is 5.56 Å². The van der Waals surface area contributed by atoms with Crippen molar-refractivity contribution in [3.8, 4) is 0 Å². The lowest BCUT2D eigenvalue weighted by molar-refractivity contribution is 0.105. The zero-order chi connectivity index (χ0) is 16.0. The summed E-state index contributed by atoms with van der Waals surface area (Å²) in [5.74, 6) is 0.740. The van der Waals surface area contributed by atoms with Gasteiger partial charge in [-0.3, -0.25) is 9.48 Å². The number of H-pyrrole nitrogens is 1. The molecule has 0 aliphatic carbocycles.